The molecule has 1 aromatic heterocycles. The van der Waals surface area contributed by atoms with E-state index in [1.807, 2.05) is 24.3 Å². The zero-order valence-electron chi connectivity index (χ0n) is 8.43. The molecule has 2 heterocycles. The first kappa shape index (κ1) is 8.68. The predicted octanol–water partition coefficient (Wildman–Crippen LogP) is 2.31. The van der Waals surface area contributed by atoms with Gasteiger partial charge in [-0.1, -0.05) is 18.2 Å². The van der Waals surface area contributed by atoms with Crippen LogP contribution >= 0.6 is 0 Å². The molecule has 3 rings (SSSR count). The number of rotatable bonds is 2. The fourth-order valence-corrected chi connectivity index (χ4v) is 1.74. The van der Waals surface area contributed by atoms with E-state index in [1.165, 1.54) is 0 Å². The monoisotopic (exact) mass is 201 g/mol. The van der Waals surface area contributed by atoms with Gasteiger partial charge in [0.15, 0.2) is 0 Å². The number of benzene rings is 1. The maximum absolute atomic E-state index is 5.27. The van der Waals surface area contributed by atoms with Crippen molar-refractivity contribution in [2.24, 2.45) is 0 Å². The number of aromatic nitrogens is 1. The van der Waals surface area contributed by atoms with Gasteiger partial charge < -0.3 is 9.47 Å². The Morgan fingerprint density at radius 3 is 2.93 bits per heavy atom. The molecular formula is C12H11NO2. The minimum atomic E-state index is 0.178. The van der Waals surface area contributed by atoms with E-state index < -0.39 is 0 Å². The average molecular weight is 201 g/mol. The van der Waals surface area contributed by atoms with Crippen molar-refractivity contribution in [2.45, 2.75) is 6.10 Å². The average Bonchev–Trinajstić information content (AvgIpc) is 3.11. The third-order valence-electron chi connectivity index (χ3n) is 2.59. The van der Waals surface area contributed by atoms with Crippen LogP contribution < -0.4 is 4.74 Å². The molecule has 0 bridgehead atoms. The summed E-state index contributed by atoms with van der Waals surface area (Å²) < 4.78 is 10.5. The lowest BCUT2D eigenvalue weighted by atomic mass is 10.1. The summed E-state index contributed by atoms with van der Waals surface area (Å²) in [6, 6.07) is 10.1. The minimum Gasteiger partial charge on any atom is -0.481 e. The summed E-state index contributed by atoms with van der Waals surface area (Å²) in [6.45, 7) is 0.774. The van der Waals surface area contributed by atoms with E-state index in [0.717, 1.165) is 23.1 Å². The lowest BCUT2D eigenvalue weighted by Crippen LogP contribution is -1.94. The molecule has 0 aliphatic carbocycles. The number of hydrogen-bond donors (Lipinski definition) is 0. The van der Waals surface area contributed by atoms with E-state index in [2.05, 4.69) is 11.1 Å². The number of nitrogens with zero attached hydrogens (tertiary/aromatic N) is 1. The third-order valence-corrected chi connectivity index (χ3v) is 2.59. The molecule has 1 saturated heterocycles. The maximum Gasteiger partial charge on any atom is 0.219 e. The van der Waals surface area contributed by atoms with E-state index in [4.69, 9.17) is 9.47 Å². The molecule has 0 N–H and O–H groups in total. The van der Waals surface area contributed by atoms with Gasteiger partial charge in [0.2, 0.25) is 5.88 Å². The molecule has 3 nitrogen and oxygen atoms in total. The van der Waals surface area contributed by atoms with Crippen molar-refractivity contribution in [2.75, 3.05) is 13.7 Å². The van der Waals surface area contributed by atoms with Crippen molar-refractivity contribution in [3.8, 4) is 5.88 Å². The summed E-state index contributed by atoms with van der Waals surface area (Å²) in [5, 5.41) is 1.13. The van der Waals surface area contributed by atoms with Crippen molar-refractivity contribution in [1.29, 1.82) is 0 Å². The highest BCUT2D eigenvalue weighted by Crippen LogP contribution is 2.36. The first-order chi connectivity index (χ1) is 7.38. The highest BCUT2D eigenvalue weighted by Gasteiger charge is 2.29. The van der Waals surface area contributed by atoms with Gasteiger partial charge in [-0.3, -0.25) is 0 Å². The lowest BCUT2D eigenvalue weighted by molar-refractivity contribution is 0.373. The molecule has 76 valence electrons. The second-order valence-electron chi connectivity index (χ2n) is 3.60. The van der Waals surface area contributed by atoms with Gasteiger partial charge in [0.05, 0.1) is 19.2 Å². The summed E-state index contributed by atoms with van der Waals surface area (Å²) in [5.41, 5.74) is 2.01. The quantitative estimate of drug-likeness (QED) is 0.699. The number of fused-ring (bicyclic) bond motifs is 1. The molecule has 0 unspecified atom stereocenters. The summed E-state index contributed by atoms with van der Waals surface area (Å²) in [5.74, 6) is 0.677. The Balaban J connectivity index is 2.24. The van der Waals surface area contributed by atoms with Gasteiger partial charge in [-0.15, -0.1) is 0 Å². The molecule has 15 heavy (non-hydrogen) atoms. The Bertz CT molecular complexity index is 506. The van der Waals surface area contributed by atoms with E-state index >= 15 is 0 Å². The number of hydrogen-bond acceptors (Lipinski definition) is 3. The molecule has 0 saturated carbocycles. The Labute approximate surface area is 87.6 Å². The van der Waals surface area contributed by atoms with Crippen molar-refractivity contribution in [1.82, 2.24) is 4.98 Å². The molecule has 0 spiro atoms. The number of para-hydroxylation sites is 1. The molecule has 1 aromatic carbocycles. The topological polar surface area (TPSA) is 34.6 Å². The van der Waals surface area contributed by atoms with Crippen molar-refractivity contribution < 1.29 is 9.47 Å². The van der Waals surface area contributed by atoms with Crippen LogP contribution in [0, 0.1) is 0 Å². The van der Waals surface area contributed by atoms with E-state index in [-0.39, 0.29) is 6.10 Å². The molecular weight excluding hydrogens is 190 g/mol. The van der Waals surface area contributed by atoms with Crippen LogP contribution in [0.25, 0.3) is 10.9 Å². The van der Waals surface area contributed by atoms with Gasteiger partial charge in [-0.2, -0.15) is 0 Å². The minimum absolute atomic E-state index is 0.178. The third kappa shape index (κ3) is 1.45. The second kappa shape index (κ2) is 3.21. The van der Waals surface area contributed by atoms with Gasteiger partial charge in [0, 0.05) is 10.9 Å². The van der Waals surface area contributed by atoms with Gasteiger partial charge in [-0.25, -0.2) is 4.98 Å². The van der Waals surface area contributed by atoms with Gasteiger partial charge in [0.1, 0.15) is 6.10 Å². The number of epoxide rings is 1. The fraction of sp³-hybridized carbons (Fsp3) is 0.250. The van der Waals surface area contributed by atoms with Crippen molar-refractivity contribution in [3.05, 3.63) is 35.9 Å². The van der Waals surface area contributed by atoms with Crippen LogP contribution in [0.15, 0.2) is 30.3 Å². The van der Waals surface area contributed by atoms with Crippen LogP contribution in [-0.4, -0.2) is 18.7 Å². The zero-order chi connectivity index (χ0) is 10.3. The smallest absolute Gasteiger partial charge is 0.219 e. The first-order valence-corrected chi connectivity index (χ1v) is 4.94. The van der Waals surface area contributed by atoms with E-state index in [0.29, 0.717) is 5.88 Å². The van der Waals surface area contributed by atoms with E-state index in [1.54, 1.807) is 7.11 Å². The summed E-state index contributed by atoms with van der Waals surface area (Å²) in [7, 11) is 1.64. The SMILES string of the molecule is COc1nc2ccccc2cc1[C@@H]1CO1. The summed E-state index contributed by atoms with van der Waals surface area (Å²) in [6.07, 6.45) is 0.178. The standard InChI is InChI=1S/C12H11NO2/c1-14-12-9(11-7-15-11)6-8-4-2-3-5-10(8)13-12/h2-6,11H,7H2,1H3/t11-/m0/s1. The van der Waals surface area contributed by atoms with Crippen LogP contribution in [0.3, 0.4) is 0 Å². The van der Waals surface area contributed by atoms with Crippen LogP contribution in [0.1, 0.15) is 11.7 Å². The highest BCUT2D eigenvalue weighted by atomic mass is 16.6. The molecule has 0 radical (unpaired) electrons. The van der Waals surface area contributed by atoms with Crippen molar-refractivity contribution >= 4 is 10.9 Å². The molecule has 1 aliphatic rings. The molecule has 0 amide bonds. The molecule has 1 fully saturated rings. The molecule has 2 aromatic rings. The molecule has 1 aliphatic heterocycles. The normalized spacial score (nSPS) is 19.1. The van der Waals surface area contributed by atoms with Crippen LogP contribution in [0.5, 0.6) is 5.88 Å². The summed E-state index contributed by atoms with van der Waals surface area (Å²) >= 11 is 0. The Kier molecular flexibility index (Phi) is 1.86. The Morgan fingerprint density at radius 1 is 1.40 bits per heavy atom. The Morgan fingerprint density at radius 2 is 2.20 bits per heavy atom. The van der Waals surface area contributed by atoms with Crippen LogP contribution in [0.4, 0.5) is 0 Å². The maximum atomic E-state index is 5.27. The summed E-state index contributed by atoms with van der Waals surface area (Å²) in [4.78, 5) is 4.45. The highest BCUT2D eigenvalue weighted by molar-refractivity contribution is 5.80. The fourth-order valence-electron chi connectivity index (χ4n) is 1.74. The van der Waals surface area contributed by atoms with Crippen molar-refractivity contribution in [3.63, 3.8) is 0 Å². The van der Waals surface area contributed by atoms with Gasteiger partial charge >= 0.3 is 0 Å². The molecule has 3 heteroatoms. The second-order valence-corrected chi connectivity index (χ2v) is 3.60. The van der Waals surface area contributed by atoms with E-state index in [9.17, 15) is 0 Å². The van der Waals surface area contributed by atoms with Gasteiger partial charge in [0.25, 0.3) is 0 Å². The first-order valence-electron chi connectivity index (χ1n) is 4.94. The number of methoxy groups -OCH3 is 1. The predicted molar refractivity (Wildman–Crippen MR) is 57.0 cm³/mol. The largest absolute Gasteiger partial charge is 0.481 e. The molecule has 1 atom stereocenters. The number of pyridine rings is 1. The lowest BCUT2D eigenvalue weighted by Gasteiger charge is -2.06. The zero-order valence-corrected chi connectivity index (χ0v) is 8.43. The van der Waals surface area contributed by atoms with Crippen LogP contribution in [-0.2, 0) is 4.74 Å². The number of ether oxygens (including phenoxy) is 2. The van der Waals surface area contributed by atoms with Crippen LogP contribution in [0.2, 0.25) is 0 Å². The van der Waals surface area contributed by atoms with Gasteiger partial charge in [-0.05, 0) is 12.1 Å². The Hall–Kier alpha value is -1.61.